The topological polar surface area (TPSA) is 84.9 Å². The number of furan rings is 1. The van der Waals surface area contributed by atoms with Crippen LogP contribution in [0.5, 0.6) is 0 Å². The fraction of sp³-hybridized carbons (Fsp3) is 0.167. The second-order valence-electron chi connectivity index (χ2n) is 7.96. The van der Waals surface area contributed by atoms with Gasteiger partial charge in [-0.15, -0.1) is 0 Å². The monoisotopic (exact) mass is 481 g/mol. The summed E-state index contributed by atoms with van der Waals surface area (Å²) in [6, 6.07) is 17.6. The minimum Gasteiger partial charge on any atom is -0.467 e. The Balaban J connectivity index is 1.83. The molecule has 1 unspecified atom stereocenters. The number of hydrogen-bond acceptors (Lipinski definition) is 5. The number of aryl methyl sites for hydroxylation is 1. The largest absolute Gasteiger partial charge is 0.467 e. The number of pyridine rings is 1. The van der Waals surface area contributed by atoms with Gasteiger partial charge in [0.05, 0.1) is 29.3 Å². The van der Waals surface area contributed by atoms with Crippen molar-refractivity contribution >= 4 is 38.2 Å². The van der Waals surface area contributed by atoms with Gasteiger partial charge < -0.3 is 8.98 Å². The van der Waals surface area contributed by atoms with E-state index in [-0.39, 0.29) is 12.0 Å². The molecule has 3 heterocycles. The second-order valence-corrected chi connectivity index (χ2v) is 10.2. The van der Waals surface area contributed by atoms with Crippen molar-refractivity contribution in [3.8, 4) is 11.1 Å². The zero-order valence-corrected chi connectivity index (χ0v) is 19.5. The lowest BCUT2D eigenvalue weighted by Gasteiger charge is -2.18. The highest BCUT2D eigenvalue weighted by atomic mass is 35.5. The van der Waals surface area contributed by atoms with E-state index >= 15 is 0 Å². The Morgan fingerprint density at radius 2 is 1.82 bits per heavy atom. The number of sulfonamides is 1. The summed E-state index contributed by atoms with van der Waals surface area (Å²) >= 11 is 6.34. The molecule has 0 saturated carbocycles. The lowest BCUT2D eigenvalue weighted by Crippen LogP contribution is -2.26. The lowest BCUT2D eigenvalue weighted by atomic mass is 9.91. The van der Waals surface area contributed by atoms with Crippen LogP contribution in [0.15, 0.2) is 81.2 Å². The zero-order chi connectivity index (χ0) is 23.3. The van der Waals surface area contributed by atoms with Crippen LogP contribution in [-0.2, 0) is 17.1 Å². The first-order valence-corrected chi connectivity index (χ1v) is 12.5. The predicted octanol–water partition coefficient (Wildman–Crippen LogP) is 4.56. The van der Waals surface area contributed by atoms with Crippen LogP contribution in [-0.4, -0.2) is 29.4 Å². The van der Waals surface area contributed by atoms with E-state index in [0.717, 1.165) is 21.6 Å². The third-order valence-electron chi connectivity index (χ3n) is 5.79. The summed E-state index contributed by atoms with van der Waals surface area (Å²) in [5.74, 6) is 0.459. The summed E-state index contributed by atoms with van der Waals surface area (Å²) in [4.78, 5) is 13.7. The molecule has 0 amide bonds. The molecule has 0 N–H and O–H groups in total. The highest BCUT2D eigenvalue weighted by Crippen LogP contribution is 2.38. The minimum atomic E-state index is -3.71. The molecule has 1 atom stereocenters. The molecular formula is C24H20ClN3O4S. The number of halogens is 1. The van der Waals surface area contributed by atoms with Crippen LogP contribution in [0.1, 0.15) is 23.8 Å². The standard InChI is InChI=1S/C24H20ClN3O4S/c1-27-19-11-10-16(25)13-17(19)22(15-7-4-3-5-8-15)23(24(27)29)18-14-20(21-9-6-12-32-21)28(26-18)33(2,30)31/h3-13,20H,14H2,1-2H3. The van der Waals surface area contributed by atoms with Gasteiger partial charge >= 0.3 is 0 Å². The summed E-state index contributed by atoms with van der Waals surface area (Å²) in [5.41, 5.74) is 2.66. The number of benzene rings is 2. The van der Waals surface area contributed by atoms with E-state index < -0.39 is 16.1 Å². The maximum Gasteiger partial charge on any atom is 0.260 e. The van der Waals surface area contributed by atoms with Crippen molar-refractivity contribution in [2.45, 2.75) is 12.5 Å². The molecule has 2 aromatic carbocycles. The third kappa shape index (κ3) is 3.65. The normalized spacial score (nSPS) is 16.4. The van der Waals surface area contributed by atoms with Gasteiger partial charge in [0.2, 0.25) is 10.0 Å². The number of fused-ring (bicyclic) bond motifs is 1. The Bertz CT molecular complexity index is 1560. The van der Waals surface area contributed by atoms with Gasteiger partial charge in [-0.1, -0.05) is 41.9 Å². The van der Waals surface area contributed by atoms with Gasteiger partial charge in [-0.3, -0.25) is 4.79 Å². The predicted molar refractivity (Wildman–Crippen MR) is 129 cm³/mol. The average Bonchev–Trinajstić information content (AvgIpc) is 3.46. The molecule has 1 aliphatic rings. The Morgan fingerprint density at radius 3 is 2.48 bits per heavy atom. The number of hydrazone groups is 1. The molecule has 0 bridgehead atoms. The molecule has 2 aromatic heterocycles. The molecule has 0 aliphatic carbocycles. The average molecular weight is 482 g/mol. The molecule has 5 rings (SSSR count). The molecule has 0 spiro atoms. The van der Waals surface area contributed by atoms with Crippen LogP contribution in [0.4, 0.5) is 0 Å². The highest BCUT2D eigenvalue weighted by molar-refractivity contribution is 7.88. The Morgan fingerprint density at radius 1 is 1.06 bits per heavy atom. The molecule has 0 radical (unpaired) electrons. The van der Waals surface area contributed by atoms with Crippen molar-refractivity contribution in [2.75, 3.05) is 6.26 Å². The molecule has 9 heteroatoms. The van der Waals surface area contributed by atoms with E-state index in [4.69, 9.17) is 16.0 Å². The quantitative estimate of drug-likeness (QED) is 0.427. The maximum absolute atomic E-state index is 13.7. The van der Waals surface area contributed by atoms with Gasteiger partial charge in [-0.05, 0) is 35.9 Å². The summed E-state index contributed by atoms with van der Waals surface area (Å²) < 4.78 is 33.2. The van der Waals surface area contributed by atoms with E-state index in [1.165, 1.54) is 6.26 Å². The van der Waals surface area contributed by atoms with Crippen LogP contribution in [0.2, 0.25) is 5.02 Å². The first kappa shape index (κ1) is 21.5. The molecule has 4 aromatic rings. The van der Waals surface area contributed by atoms with Crippen LogP contribution in [0, 0.1) is 0 Å². The Kier molecular flexibility index (Phi) is 5.14. The molecular weight excluding hydrogens is 462 g/mol. The van der Waals surface area contributed by atoms with Gasteiger partial charge in [0.15, 0.2) is 0 Å². The fourth-order valence-electron chi connectivity index (χ4n) is 4.33. The van der Waals surface area contributed by atoms with Gasteiger partial charge in [0.25, 0.3) is 5.56 Å². The van der Waals surface area contributed by atoms with Crippen molar-refractivity contribution in [1.29, 1.82) is 0 Å². The summed E-state index contributed by atoms with van der Waals surface area (Å²) in [5, 5.41) is 5.75. The number of rotatable bonds is 4. The van der Waals surface area contributed by atoms with E-state index in [1.54, 1.807) is 35.9 Å². The van der Waals surface area contributed by atoms with Gasteiger partial charge in [-0.2, -0.15) is 9.52 Å². The summed E-state index contributed by atoms with van der Waals surface area (Å²) in [6.07, 6.45) is 2.77. The third-order valence-corrected chi connectivity index (χ3v) is 7.04. The SMILES string of the molecule is Cn1c(=O)c(C2=NN(S(C)(=O)=O)C(c3ccco3)C2)c(-c2ccccc2)c2cc(Cl)ccc21. The van der Waals surface area contributed by atoms with E-state index in [0.29, 0.717) is 33.1 Å². The van der Waals surface area contributed by atoms with E-state index in [1.807, 2.05) is 36.4 Å². The van der Waals surface area contributed by atoms with Crippen molar-refractivity contribution in [2.24, 2.45) is 12.1 Å². The molecule has 1 aliphatic heterocycles. The first-order valence-electron chi connectivity index (χ1n) is 10.2. The molecule has 7 nitrogen and oxygen atoms in total. The van der Waals surface area contributed by atoms with Gasteiger partial charge in [0.1, 0.15) is 11.8 Å². The molecule has 33 heavy (non-hydrogen) atoms. The number of nitrogens with zero attached hydrogens (tertiary/aromatic N) is 3. The first-order chi connectivity index (χ1) is 15.8. The number of hydrogen-bond donors (Lipinski definition) is 0. The van der Waals surface area contributed by atoms with Crippen LogP contribution in [0.3, 0.4) is 0 Å². The van der Waals surface area contributed by atoms with Crippen LogP contribution in [0.25, 0.3) is 22.0 Å². The van der Waals surface area contributed by atoms with Gasteiger partial charge in [0, 0.05) is 29.4 Å². The van der Waals surface area contributed by atoms with Crippen molar-refractivity contribution in [1.82, 2.24) is 8.98 Å². The lowest BCUT2D eigenvalue weighted by molar-refractivity contribution is 0.322. The smallest absolute Gasteiger partial charge is 0.260 e. The van der Waals surface area contributed by atoms with Gasteiger partial charge in [-0.25, -0.2) is 8.42 Å². The highest BCUT2D eigenvalue weighted by Gasteiger charge is 2.38. The van der Waals surface area contributed by atoms with Crippen LogP contribution >= 0.6 is 11.6 Å². The summed E-state index contributed by atoms with van der Waals surface area (Å²) in [7, 11) is -2.03. The summed E-state index contributed by atoms with van der Waals surface area (Å²) in [6.45, 7) is 0. The minimum absolute atomic E-state index is 0.196. The Labute approximate surface area is 195 Å². The Hall–Kier alpha value is -3.36. The maximum atomic E-state index is 13.7. The fourth-order valence-corrected chi connectivity index (χ4v) is 5.39. The van der Waals surface area contributed by atoms with Crippen LogP contribution < -0.4 is 5.56 Å². The van der Waals surface area contributed by atoms with Crippen molar-refractivity contribution in [3.63, 3.8) is 0 Å². The van der Waals surface area contributed by atoms with E-state index in [9.17, 15) is 13.2 Å². The number of aromatic nitrogens is 1. The van der Waals surface area contributed by atoms with Crippen molar-refractivity contribution < 1.29 is 12.8 Å². The van der Waals surface area contributed by atoms with Crippen molar-refractivity contribution in [3.05, 3.63) is 93.6 Å². The zero-order valence-electron chi connectivity index (χ0n) is 17.9. The molecule has 0 fully saturated rings. The molecule has 168 valence electrons. The second kappa shape index (κ2) is 7.90. The molecule has 0 saturated heterocycles. The van der Waals surface area contributed by atoms with E-state index in [2.05, 4.69) is 5.10 Å².